The maximum atomic E-state index is 13.2. The molecule has 1 unspecified atom stereocenters. The number of anilines is 1. The van der Waals surface area contributed by atoms with E-state index in [2.05, 4.69) is 24.1 Å². The summed E-state index contributed by atoms with van der Waals surface area (Å²) < 4.78 is 48.8. The van der Waals surface area contributed by atoms with Gasteiger partial charge in [-0.25, -0.2) is 4.79 Å². The second-order valence-electron chi connectivity index (χ2n) is 10.5. The molecule has 46 heavy (non-hydrogen) atoms. The molecular weight excluding hydrogens is 650 g/mol. The molecule has 2 amide bonds. The summed E-state index contributed by atoms with van der Waals surface area (Å²) in [5.41, 5.74) is 11.0. The first-order chi connectivity index (χ1) is 21.6. The predicted octanol–water partition coefficient (Wildman–Crippen LogP) is -1.14. The number of amides is 2. The number of nitrogens with zero attached hydrogens (tertiary/aromatic N) is 6. The SMILES string of the molecule is C[n+]1cc(-c2ccc(OC[C@H](O/N=C(\C(=O)NC3C(=O)N(OS(=O)(=O)O)C3(C)C)c3nsc(N)n3)C(=O)O)cc2)cn1CCCN. The van der Waals surface area contributed by atoms with E-state index in [1.165, 1.54) is 13.8 Å². The summed E-state index contributed by atoms with van der Waals surface area (Å²) in [5, 5.41) is 16.0. The molecule has 1 saturated heterocycles. The van der Waals surface area contributed by atoms with Crippen molar-refractivity contribution < 1.29 is 51.0 Å². The van der Waals surface area contributed by atoms with E-state index < -0.39 is 58.2 Å². The van der Waals surface area contributed by atoms with E-state index in [1.807, 2.05) is 28.8 Å². The van der Waals surface area contributed by atoms with E-state index >= 15 is 0 Å². The molecule has 3 aromatic rings. The van der Waals surface area contributed by atoms with E-state index in [-0.39, 0.29) is 11.0 Å². The number of ether oxygens (including phenoxy) is 1. The number of benzene rings is 1. The number of nitrogen functional groups attached to an aromatic ring is 1. The van der Waals surface area contributed by atoms with Crippen LogP contribution in [0.4, 0.5) is 5.13 Å². The molecule has 2 atom stereocenters. The molecule has 0 bridgehead atoms. The Morgan fingerprint density at radius 1 is 1.26 bits per heavy atom. The van der Waals surface area contributed by atoms with Gasteiger partial charge in [-0.15, -0.1) is 8.97 Å². The number of hydrogen-bond acceptors (Lipinski definition) is 14. The highest BCUT2D eigenvalue weighted by molar-refractivity contribution is 7.80. The highest BCUT2D eigenvalue weighted by atomic mass is 32.3. The average molecular weight is 683 g/mol. The van der Waals surface area contributed by atoms with Crippen molar-refractivity contribution in [1.29, 1.82) is 0 Å². The average Bonchev–Trinajstić information content (AvgIpc) is 3.59. The lowest BCUT2D eigenvalue weighted by Gasteiger charge is -2.50. The first-order valence-corrected chi connectivity index (χ1v) is 15.6. The van der Waals surface area contributed by atoms with Gasteiger partial charge in [0.25, 0.3) is 17.9 Å². The number of aliphatic carboxylic acids is 1. The molecule has 1 aliphatic heterocycles. The number of oxime groups is 1. The van der Waals surface area contributed by atoms with Gasteiger partial charge in [-0.3, -0.25) is 14.1 Å². The van der Waals surface area contributed by atoms with Crippen molar-refractivity contribution >= 4 is 50.6 Å². The normalized spacial score (nSPS) is 16.9. The molecule has 19 nitrogen and oxygen atoms in total. The summed E-state index contributed by atoms with van der Waals surface area (Å²) in [4.78, 5) is 46.6. The molecule has 2 aromatic heterocycles. The van der Waals surface area contributed by atoms with Gasteiger partial charge >= 0.3 is 16.4 Å². The number of aryl methyl sites for hydroxylation is 2. The van der Waals surface area contributed by atoms with Crippen LogP contribution in [-0.4, -0.2) is 91.5 Å². The third-order valence-electron chi connectivity index (χ3n) is 6.74. The zero-order valence-corrected chi connectivity index (χ0v) is 26.4. The van der Waals surface area contributed by atoms with Crippen molar-refractivity contribution in [2.45, 2.75) is 44.5 Å². The molecule has 248 valence electrons. The Balaban J connectivity index is 1.44. The quantitative estimate of drug-likeness (QED) is 0.0417. The van der Waals surface area contributed by atoms with Gasteiger partial charge in [0.1, 0.15) is 18.4 Å². The summed E-state index contributed by atoms with van der Waals surface area (Å²) in [7, 11) is -3.10. The standard InChI is InChI=1S/C25H31N9O10S2/c1-25(2)19(22(36)34(25)44-46(39,40)41)28-21(35)18(20-29-24(27)45-31-20)30-43-17(23(37)38)13-42-16-7-5-14(6-8-16)15-11-32(3)33(12-15)10-4-9-26/h5-8,11-12,17,19H,4,9-10,13,26H2,1-3H3,(H4-,27,28,29,31,35,37,38,39,40,41)/p+1/b30-18-/t17-,19?/m0/s1. The Morgan fingerprint density at radius 2 is 1.96 bits per heavy atom. The van der Waals surface area contributed by atoms with Crippen molar-refractivity contribution in [3.8, 4) is 16.9 Å². The maximum Gasteiger partial charge on any atom is 0.418 e. The summed E-state index contributed by atoms with van der Waals surface area (Å²) in [6, 6.07) is 5.57. The van der Waals surface area contributed by atoms with Crippen LogP contribution in [0, 0.1) is 0 Å². The third kappa shape index (κ3) is 7.92. The molecule has 7 N–H and O–H groups in total. The number of carboxylic acid groups (broad SMARTS) is 1. The molecule has 1 aromatic carbocycles. The van der Waals surface area contributed by atoms with Gasteiger partial charge in [-0.05, 0) is 44.5 Å². The van der Waals surface area contributed by atoms with Crippen LogP contribution >= 0.6 is 11.5 Å². The highest BCUT2D eigenvalue weighted by Gasteiger charge is 2.58. The van der Waals surface area contributed by atoms with Crippen molar-refractivity contribution in [2.75, 3.05) is 18.9 Å². The van der Waals surface area contributed by atoms with Crippen LogP contribution in [0.25, 0.3) is 11.1 Å². The van der Waals surface area contributed by atoms with Gasteiger partial charge < -0.3 is 31.5 Å². The number of hydroxylamine groups is 2. The lowest BCUT2D eigenvalue weighted by molar-refractivity contribution is -0.753. The Bertz CT molecular complexity index is 1740. The largest absolute Gasteiger partial charge is 0.489 e. The van der Waals surface area contributed by atoms with Crippen LogP contribution in [0.3, 0.4) is 0 Å². The zero-order chi connectivity index (χ0) is 33.8. The van der Waals surface area contributed by atoms with Gasteiger partial charge in [-0.2, -0.15) is 27.5 Å². The summed E-state index contributed by atoms with van der Waals surface area (Å²) >= 11 is 0.711. The maximum absolute atomic E-state index is 13.2. The number of rotatable bonds is 15. The van der Waals surface area contributed by atoms with Crippen LogP contribution in [-0.2, 0) is 47.5 Å². The van der Waals surface area contributed by atoms with Gasteiger partial charge in [0.2, 0.25) is 17.7 Å². The number of β-lactam (4-membered cyclic amide) rings is 1. The molecule has 0 aliphatic carbocycles. The minimum atomic E-state index is -5.02. The summed E-state index contributed by atoms with van der Waals surface area (Å²) in [6.45, 7) is 3.53. The number of carbonyl (C=O) groups excluding carboxylic acids is 2. The number of nitrogens with two attached hydrogens (primary N) is 2. The Morgan fingerprint density at radius 3 is 2.52 bits per heavy atom. The van der Waals surface area contributed by atoms with E-state index in [1.54, 1.807) is 24.3 Å². The fourth-order valence-corrected chi connectivity index (χ4v) is 5.19. The van der Waals surface area contributed by atoms with E-state index in [4.69, 9.17) is 25.6 Å². The lowest BCUT2D eigenvalue weighted by atomic mass is 9.84. The molecule has 4 rings (SSSR count). The van der Waals surface area contributed by atoms with Crippen LogP contribution in [0.1, 0.15) is 26.1 Å². The first-order valence-electron chi connectivity index (χ1n) is 13.5. The van der Waals surface area contributed by atoms with Gasteiger partial charge in [-0.1, -0.05) is 17.3 Å². The second-order valence-corrected chi connectivity index (χ2v) is 12.2. The number of aromatic nitrogens is 4. The van der Waals surface area contributed by atoms with Crippen molar-refractivity contribution in [3.63, 3.8) is 0 Å². The summed E-state index contributed by atoms with van der Waals surface area (Å²) in [6.07, 6.45) is 3.08. The first kappa shape index (κ1) is 34.2. The molecule has 3 heterocycles. The number of nitrogens with one attached hydrogen (secondary N) is 1. The Kier molecular flexibility index (Phi) is 10.2. The fourth-order valence-electron chi connectivity index (χ4n) is 4.30. The van der Waals surface area contributed by atoms with Gasteiger partial charge in [0.15, 0.2) is 12.2 Å². The smallest absolute Gasteiger partial charge is 0.418 e. The number of carbonyl (C=O) groups is 3. The monoisotopic (exact) mass is 682 g/mol. The van der Waals surface area contributed by atoms with Crippen LogP contribution in [0.5, 0.6) is 5.75 Å². The predicted molar refractivity (Wildman–Crippen MR) is 159 cm³/mol. The molecule has 0 saturated carbocycles. The minimum absolute atomic E-state index is 0.0503. The van der Waals surface area contributed by atoms with Crippen molar-refractivity contribution in [3.05, 3.63) is 42.5 Å². The van der Waals surface area contributed by atoms with E-state index in [0.717, 1.165) is 24.1 Å². The van der Waals surface area contributed by atoms with Crippen LogP contribution in [0.2, 0.25) is 0 Å². The van der Waals surface area contributed by atoms with Crippen LogP contribution in [0.15, 0.2) is 41.8 Å². The Labute approximate surface area is 266 Å². The van der Waals surface area contributed by atoms with Gasteiger partial charge in [0, 0.05) is 11.5 Å². The molecule has 1 aliphatic rings. The van der Waals surface area contributed by atoms with E-state index in [9.17, 15) is 27.9 Å². The fraction of sp³-hybridized carbons (Fsp3) is 0.400. The van der Waals surface area contributed by atoms with Crippen molar-refractivity contribution in [2.24, 2.45) is 17.9 Å². The highest BCUT2D eigenvalue weighted by Crippen LogP contribution is 2.33. The molecule has 0 radical (unpaired) electrons. The topological polar surface area (TPSA) is 268 Å². The Hall–Kier alpha value is -4.70. The number of hydrogen-bond donors (Lipinski definition) is 5. The third-order valence-corrected chi connectivity index (χ3v) is 7.62. The van der Waals surface area contributed by atoms with E-state index in [0.29, 0.717) is 28.9 Å². The molecule has 21 heteroatoms. The summed E-state index contributed by atoms with van der Waals surface area (Å²) in [5.74, 6) is -3.56. The number of carboxylic acids is 1. The minimum Gasteiger partial charge on any atom is -0.489 e. The zero-order valence-electron chi connectivity index (χ0n) is 24.8. The molecule has 1 fully saturated rings. The van der Waals surface area contributed by atoms with Crippen molar-refractivity contribution in [1.82, 2.24) is 24.4 Å². The lowest BCUT2D eigenvalue weighted by Crippen LogP contribution is -2.76. The molecular formula is C25H32N9O10S2+. The van der Waals surface area contributed by atoms with Gasteiger partial charge in [0.05, 0.1) is 23.8 Å². The van der Waals surface area contributed by atoms with Crippen LogP contribution < -0.4 is 26.2 Å². The molecule has 0 spiro atoms. The second kappa shape index (κ2) is 13.7.